The molecule has 0 spiro atoms. The van der Waals surface area contributed by atoms with Crippen LogP contribution in [-0.2, 0) is 10.0 Å². The summed E-state index contributed by atoms with van der Waals surface area (Å²) in [6, 6.07) is 4.05. The Morgan fingerprint density at radius 3 is 1.78 bits per heavy atom. The maximum absolute atomic E-state index is 11.5. The fourth-order valence-corrected chi connectivity index (χ4v) is 1.97. The molecule has 1 aromatic carbocycles. The van der Waals surface area contributed by atoms with E-state index in [1.54, 1.807) is 0 Å². The van der Waals surface area contributed by atoms with E-state index in [0.717, 1.165) is 10.6 Å². The zero-order chi connectivity index (χ0) is 14.1. The molecule has 18 heavy (non-hydrogen) atoms. The van der Waals surface area contributed by atoms with Gasteiger partial charge >= 0.3 is 0 Å². The Morgan fingerprint density at radius 1 is 1.11 bits per heavy atom. The first kappa shape index (κ1) is 14.0. The van der Waals surface area contributed by atoms with Gasteiger partial charge in [-0.1, -0.05) is 6.07 Å². The Kier molecular flexibility index (Phi) is 3.61. The van der Waals surface area contributed by atoms with Crippen molar-refractivity contribution in [2.45, 2.75) is 0 Å². The van der Waals surface area contributed by atoms with Crippen LogP contribution in [0.15, 0.2) is 18.2 Å². The third-order valence-electron chi connectivity index (χ3n) is 2.38. The maximum Gasteiger partial charge on any atom is 0.250 e. The monoisotopic (exact) mass is 271 g/mol. The second-order valence-electron chi connectivity index (χ2n) is 3.66. The average Bonchev–Trinajstić information content (AvgIpc) is 2.25. The summed E-state index contributed by atoms with van der Waals surface area (Å²) in [5, 5.41) is 0. The molecular formula is C10H13N3O4S. The topological polar surface area (TPSA) is 124 Å². The summed E-state index contributed by atoms with van der Waals surface area (Å²) in [7, 11) is -2.44. The van der Waals surface area contributed by atoms with Gasteiger partial charge in [-0.05, 0) is 12.1 Å². The van der Waals surface area contributed by atoms with E-state index < -0.39 is 21.8 Å². The van der Waals surface area contributed by atoms with E-state index in [4.69, 9.17) is 11.5 Å². The number of nitrogens with zero attached hydrogens (tertiary/aromatic N) is 1. The largest absolute Gasteiger partial charge is 0.366 e. The van der Waals surface area contributed by atoms with Crippen LogP contribution in [-0.4, -0.2) is 33.5 Å². The number of anilines is 1. The molecule has 0 radical (unpaired) electrons. The van der Waals surface area contributed by atoms with E-state index >= 15 is 0 Å². The number of nitrogens with two attached hydrogens (primary N) is 2. The first-order valence-electron chi connectivity index (χ1n) is 4.82. The summed E-state index contributed by atoms with van der Waals surface area (Å²) in [5.74, 6) is -1.69. The Morgan fingerprint density at radius 2 is 1.50 bits per heavy atom. The summed E-state index contributed by atoms with van der Waals surface area (Å²) < 4.78 is 23.8. The van der Waals surface area contributed by atoms with Crippen molar-refractivity contribution in [2.75, 3.05) is 17.6 Å². The van der Waals surface area contributed by atoms with E-state index in [0.29, 0.717) is 0 Å². The predicted octanol–water partition coefficient (Wildman–Crippen LogP) is -0.720. The minimum Gasteiger partial charge on any atom is -0.366 e. The van der Waals surface area contributed by atoms with Gasteiger partial charge in [-0.25, -0.2) is 8.42 Å². The van der Waals surface area contributed by atoms with Crippen LogP contribution in [0, 0.1) is 0 Å². The lowest BCUT2D eigenvalue weighted by Gasteiger charge is -2.21. The molecule has 0 saturated carbocycles. The van der Waals surface area contributed by atoms with Gasteiger partial charge in [-0.3, -0.25) is 13.9 Å². The molecule has 0 fully saturated rings. The van der Waals surface area contributed by atoms with Gasteiger partial charge in [0, 0.05) is 7.05 Å². The Labute approximate surface area is 104 Å². The third kappa shape index (κ3) is 2.59. The van der Waals surface area contributed by atoms with Crippen molar-refractivity contribution in [2.24, 2.45) is 11.5 Å². The van der Waals surface area contributed by atoms with E-state index in [1.165, 1.54) is 25.2 Å². The molecule has 1 rings (SSSR count). The lowest BCUT2D eigenvalue weighted by Crippen LogP contribution is -2.30. The van der Waals surface area contributed by atoms with Crippen LogP contribution in [0.3, 0.4) is 0 Å². The lowest BCUT2D eigenvalue weighted by atomic mass is 10.1. The van der Waals surface area contributed by atoms with Crippen molar-refractivity contribution in [1.82, 2.24) is 0 Å². The van der Waals surface area contributed by atoms with Crippen LogP contribution in [0.5, 0.6) is 0 Å². The van der Waals surface area contributed by atoms with Gasteiger partial charge in [0.1, 0.15) is 0 Å². The van der Waals surface area contributed by atoms with Crippen molar-refractivity contribution in [1.29, 1.82) is 0 Å². The van der Waals surface area contributed by atoms with Gasteiger partial charge in [0.2, 0.25) is 10.0 Å². The molecule has 0 atom stereocenters. The van der Waals surface area contributed by atoms with Gasteiger partial charge in [0.05, 0.1) is 23.1 Å². The van der Waals surface area contributed by atoms with Crippen molar-refractivity contribution >= 4 is 27.5 Å². The maximum atomic E-state index is 11.5. The Balaban J connectivity index is 3.66. The van der Waals surface area contributed by atoms with E-state index in [-0.39, 0.29) is 16.8 Å². The molecular weight excluding hydrogens is 258 g/mol. The fourth-order valence-electron chi connectivity index (χ4n) is 1.45. The van der Waals surface area contributed by atoms with Gasteiger partial charge in [0.15, 0.2) is 0 Å². The molecule has 4 N–H and O–H groups in total. The average molecular weight is 271 g/mol. The summed E-state index contributed by atoms with van der Waals surface area (Å²) >= 11 is 0. The highest BCUT2D eigenvalue weighted by Gasteiger charge is 2.23. The second kappa shape index (κ2) is 4.65. The molecule has 0 aliphatic rings. The molecule has 0 aliphatic carbocycles. The van der Waals surface area contributed by atoms with Crippen LogP contribution >= 0.6 is 0 Å². The molecule has 0 aromatic heterocycles. The number of carbonyl (C=O) groups excluding carboxylic acids is 2. The van der Waals surface area contributed by atoms with Crippen molar-refractivity contribution in [3.8, 4) is 0 Å². The number of amides is 2. The number of rotatable bonds is 4. The number of hydrogen-bond donors (Lipinski definition) is 2. The van der Waals surface area contributed by atoms with Gasteiger partial charge < -0.3 is 11.5 Å². The molecule has 2 amide bonds. The molecule has 1 aromatic rings. The highest BCUT2D eigenvalue weighted by molar-refractivity contribution is 7.92. The zero-order valence-corrected chi connectivity index (χ0v) is 10.7. The Bertz CT molecular complexity index is 577. The summed E-state index contributed by atoms with van der Waals surface area (Å²) in [5.41, 5.74) is 10.0. The van der Waals surface area contributed by atoms with Gasteiger partial charge in [-0.15, -0.1) is 0 Å². The number of para-hydroxylation sites is 1. The van der Waals surface area contributed by atoms with Crippen molar-refractivity contribution < 1.29 is 18.0 Å². The summed E-state index contributed by atoms with van der Waals surface area (Å²) in [4.78, 5) is 22.6. The standard InChI is InChI=1S/C10H13N3O4S/c1-13(18(2,16)17)8-6(9(11)14)4-3-5-7(8)10(12)15/h3-5H,1-2H3,(H2,11,14)(H2,12,15). The highest BCUT2D eigenvalue weighted by atomic mass is 32.2. The van der Waals surface area contributed by atoms with Crippen molar-refractivity contribution in [3.05, 3.63) is 29.3 Å². The molecule has 98 valence electrons. The van der Waals surface area contributed by atoms with Crippen LogP contribution in [0.25, 0.3) is 0 Å². The third-order valence-corrected chi connectivity index (χ3v) is 3.56. The SMILES string of the molecule is CN(c1c(C(N)=O)cccc1C(N)=O)S(C)(=O)=O. The second-order valence-corrected chi connectivity index (χ2v) is 5.67. The van der Waals surface area contributed by atoms with E-state index in [9.17, 15) is 18.0 Å². The Hall–Kier alpha value is -2.09. The summed E-state index contributed by atoms with van der Waals surface area (Å²) in [6.07, 6.45) is 0.940. The number of carbonyl (C=O) groups is 2. The lowest BCUT2D eigenvalue weighted by molar-refractivity contribution is 0.0999. The molecule has 7 nitrogen and oxygen atoms in total. The van der Waals surface area contributed by atoms with Crippen molar-refractivity contribution in [3.63, 3.8) is 0 Å². The van der Waals surface area contributed by atoms with Crippen LogP contribution in [0.2, 0.25) is 0 Å². The first-order chi connectivity index (χ1) is 8.16. The number of primary amides is 2. The van der Waals surface area contributed by atoms with Gasteiger partial charge in [-0.2, -0.15) is 0 Å². The fraction of sp³-hybridized carbons (Fsp3) is 0.200. The number of benzene rings is 1. The van der Waals surface area contributed by atoms with E-state index in [1.807, 2.05) is 0 Å². The minimum atomic E-state index is -3.65. The number of sulfonamides is 1. The van der Waals surface area contributed by atoms with Crippen LogP contribution in [0.1, 0.15) is 20.7 Å². The predicted molar refractivity (Wildman–Crippen MR) is 66.7 cm³/mol. The van der Waals surface area contributed by atoms with Gasteiger partial charge in [0.25, 0.3) is 11.8 Å². The molecule has 8 heteroatoms. The van der Waals surface area contributed by atoms with E-state index in [2.05, 4.69) is 0 Å². The molecule has 0 heterocycles. The zero-order valence-electron chi connectivity index (χ0n) is 9.88. The molecule has 0 unspecified atom stereocenters. The smallest absolute Gasteiger partial charge is 0.250 e. The molecule has 0 bridgehead atoms. The number of hydrogen-bond acceptors (Lipinski definition) is 4. The first-order valence-corrected chi connectivity index (χ1v) is 6.67. The minimum absolute atomic E-state index is 0.0841. The highest BCUT2D eigenvalue weighted by Crippen LogP contribution is 2.26. The summed E-state index contributed by atoms with van der Waals surface area (Å²) in [6.45, 7) is 0. The molecule has 0 saturated heterocycles. The van der Waals surface area contributed by atoms with Crippen LogP contribution in [0.4, 0.5) is 5.69 Å². The normalized spacial score (nSPS) is 11.0. The molecule has 0 aliphatic heterocycles. The van der Waals surface area contributed by atoms with Crippen LogP contribution < -0.4 is 15.8 Å². The quantitative estimate of drug-likeness (QED) is 0.749.